The first-order valence-corrected chi connectivity index (χ1v) is 5.84. The number of anilines is 1. The minimum Gasteiger partial charge on any atom is -0.480 e. The Balaban J connectivity index is 2.75. The molecule has 0 aliphatic carbocycles. The maximum Gasteiger partial charge on any atom is 0.341 e. The second kappa shape index (κ2) is 6.48. The molecule has 6 nitrogen and oxygen atoms in total. The molecule has 0 spiro atoms. The fraction of sp³-hybridized carbons (Fsp3) is 0.286. The summed E-state index contributed by atoms with van der Waals surface area (Å²) in [5, 5.41) is 13.7. The van der Waals surface area contributed by atoms with Crippen LogP contribution in [0.4, 0.5) is 10.5 Å². The van der Waals surface area contributed by atoms with Crippen LogP contribution < -0.4 is 15.4 Å². The highest BCUT2D eigenvalue weighted by molar-refractivity contribution is 5.91. The van der Waals surface area contributed by atoms with Gasteiger partial charge in [-0.25, -0.2) is 9.59 Å². The van der Waals surface area contributed by atoms with Crippen molar-refractivity contribution >= 4 is 17.7 Å². The van der Waals surface area contributed by atoms with E-state index in [2.05, 4.69) is 16.6 Å². The van der Waals surface area contributed by atoms with Crippen LogP contribution in [0.1, 0.15) is 13.8 Å². The van der Waals surface area contributed by atoms with E-state index in [1.807, 2.05) is 0 Å². The quantitative estimate of drug-likeness (QED) is 0.714. The molecule has 6 heteroatoms. The van der Waals surface area contributed by atoms with E-state index in [4.69, 9.17) is 16.3 Å². The third-order valence-electron chi connectivity index (χ3n) is 2.27. The second-order valence-electron chi connectivity index (χ2n) is 4.53. The molecule has 0 bridgehead atoms. The molecule has 1 aromatic rings. The number of hydrogen-bond acceptors (Lipinski definition) is 3. The van der Waals surface area contributed by atoms with Crippen LogP contribution in [0, 0.1) is 12.3 Å². The molecule has 0 radical (unpaired) electrons. The second-order valence-corrected chi connectivity index (χ2v) is 4.53. The lowest BCUT2D eigenvalue weighted by Crippen LogP contribution is -2.44. The molecule has 0 heterocycles. The third-order valence-corrected chi connectivity index (χ3v) is 2.27. The third kappa shape index (κ3) is 4.90. The number of benzene rings is 1. The Morgan fingerprint density at radius 2 is 2.05 bits per heavy atom. The number of nitrogens with one attached hydrogen (secondary N) is 2. The number of hydrogen-bond donors (Lipinski definition) is 3. The molecular formula is C14H16N2O4. The molecule has 0 aliphatic rings. The molecule has 0 unspecified atom stereocenters. The van der Waals surface area contributed by atoms with Crippen LogP contribution in [0.2, 0.25) is 0 Å². The highest BCUT2D eigenvalue weighted by atomic mass is 16.5. The Morgan fingerprint density at radius 3 is 2.65 bits per heavy atom. The highest BCUT2D eigenvalue weighted by Crippen LogP contribution is 2.23. The fourth-order valence-corrected chi connectivity index (χ4v) is 1.31. The van der Waals surface area contributed by atoms with Gasteiger partial charge in [-0.3, -0.25) is 0 Å². The molecule has 106 valence electrons. The van der Waals surface area contributed by atoms with Gasteiger partial charge < -0.3 is 20.5 Å². The van der Waals surface area contributed by atoms with E-state index in [1.165, 1.54) is 0 Å². The Morgan fingerprint density at radius 1 is 1.40 bits per heavy atom. The van der Waals surface area contributed by atoms with Crippen molar-refractivity contribution in [2.75, 3.05) is 11.9 Å². The van der Waals surface area contributed by atoms with Gasteiger partial charge in [0, 0.05) is 0 Å². The van der Waals surface area contributed by atoms with Gasteiger partial charge in [-0.05, 0) is 26.0 Å². The predicted molar refractivity (Wildman–Crippen MR) is 74.6 cm³/mol. The fourth-order valence-electron chi connectivity index (χ4n) is 1.31. The monoisotopic (exact) mass is 276 g/mol. The maximum absolute atomic E-state index is 11.8. The molecule has 0 atom stereocenters. The number of carbonyl (C=O) groups is 2. The predicted octanol–water partition coefficient (Wildman–Crippen LogP) is 1.68. The number of ether oxygens (including phenoxy) is 1. The minimum atomic E-state index is -1.10. The van der Waals surface area contributed by atoms with Gasteiger partial charge in [0.2, 0.25) is 0 Å². The average Bonchev–Trinajstić information content (AvgIpc) is 2.37. The van der Waals surface area contributed by atoms with E-state index in [-0.39, 0.29) is 5.75 Å². The Kier molecular flexibility index (Phi) is 4.98. The van der Waals surface area contributed by atoms with E-state index in [1.54, 1.807) is 38.1 Å². The number of carboxylic acids is 1. The van der Waals surface area contributed by atoms with E-state index in [0.29, 0.717) is 5.69 Å². The van der Waals surface area contributed by atoms with Crippen LogP contribution in [0.15, 0.2) is 24.3 Å². The number of amides is 2. The standard InChI is InChI=1S/C14H16N2O4/c1-4-14(2,3)16-13(19)15-10-7-5-6-8-11(10)20-9-12(17)18/h1,5-8H,9H2,2-3H3,(H,17,18)(H2,15,16,19). The molecule has 1 rings (SSSR count). The SMILES string of the molecule is C#CC(C)(C)NC(=O)Nc1ccccc1OCC(=O)O. The summed E-state index contributed by atoms with van der Waals surface area (Å²) >= 11 is 0. The van der Waals surface area contributed by atoms with E-state index < -0.39 is 24.1 Å². The van der Waals surface area contributed by atoms with Gasteiger partial charge in [-0.1, -0.05) is 18.1 Å². The van der Waals surface area contributed by atoms with Crippen molar-refractivity contribution in [3.63, 3.8) is 0 Å². The molecule has 20 heavy (non-hydrogen) atoms. The van der Waals surface area contributed by atoms with E-state index in [9.17, 15) is 9.59 Å². The van der Waals surface area contributed by atoms with Crippen molar-refractivity contribution < 1.29 is 19.4 Å². The van der Waals surface area contributed by atoms with E-state index in [0.717, 1.165) is 0 Å². The molecule has 0 aliphatic heterocycles. The van der Waals surface area contributed by atoms with Crippen molar-refractivity contribution in [1.29, 1.82) is 0 Å². The van der Waals surface area contributed by atoms with Crippen molar-refractivity contribution in [1.82, 2.24) is 5.32 Å². The average molecular weight is 276 g/mol. The molecule has 2 amide bonds. The largest absolute Gasteiger partial charge is 0.480 e. The van der Waals surface area contributed by atoms with Crippen LogP contribution in [0.3, 0.4) is 0 Å². The first-order valence-electron chi connectivity index (χ1n) is 5.84. The summed E-state index contributed by atoms with van der Waals surface area (Å²) in [7, 11) is 0. The van der Waals surface area contributed by atoms with Gasteiger partial charge in [-0.15, -0.1) is 6.42 Å². The minimum absolute atomic E-state index is 0.267. The van der Waals surface area contributed by atoms with Gasteiger partial charge in [0.15, 0.2) is 6.61 Å². The first kappa shape index (κ1) is 15.4. The number of carbonyl (C=O) groups excluding carboxylic acids is 1. The summed E-state index contributed by atoms with van der Waals surface area (Å²) in [6.07, 6.45) is 5.28. The lowest BCUT2D eigenvalue weighted by molar-refractivity contribution is -0.139. The van der Waals surface area contributed by atoms with Gasteiger partial charge in [0.25, 0.3) is 0 Å². The Bertz CT molecular complexity index is 546. The maximum atomic E-state index is 11.8. The first-order chi connectivity index (χ1) is 9.34. The topological polar surface area (TPSA) is 87.7 Å². The van der Waals surface area contributed by atoms with Gasteiger partial charge in [0.1, 0.15) is 5.75 Å². The van der Waals surface area contributed by atoms with Gasteiger partial charge in [-0.2, -0.15) is 0 Å². The van der Waals surface area contributed by atoms with Gasteiger partial charge >= 0.3 is 12.0 Å². The number of urea groups is 1. The van der Waals surface area contributed by atoms with Crippen LogP contribution in [0.5, 0.6) is 5.75 Å². The molecule has 0 aromatic heterocycles. The van der Waals surface area contributed by atoms with Gasteiger partial charge in [0.05, 0.1) is 11.2 Å². The number of terminal acetylenes is 1. The zero-order chi connectivity index (χ0) is 15.2. The number of rotatable bonds is 5. The van der Waals surface area contributed by atoms with Crippen LogP contribution in [0.25, 0.3) is 0 Å². The van der Waals surface area contributed by atoms with Crippen LogP contribution in [-0.2, 0) is 4.79 Å². The van der Waals surface area contributed by atoms with Crippen molar-refractivity contribution in [2.45, 2.75) is 19.4 Å². The summed E-state index contributed by atoms with van der Waals surface area (Å²) < 4.78 is 5.07. The molecule has 1 aromatic carbocycles. The molecule has 0 fully saturated rings. The van der Waals surface area contributed by atoms with Crippen molar-refractivity contribution in [3.05, 3.63) is 24.3 Å². The number of para-hydroxylation sites is 2. The lowest BCUT2D eigenvalue weighted by Gasteiger charge is -2.20. The van der Waals surface area contributed by atoms with Crippen LogP contribution in [-0.4, -0.2) is 29.3 Å². The zero-order valence-electron chi connectivity index (χ0n) is 11.3. The smallest absolute Gasteiger partial charge is 0.341 e. The summed E-state index contributed by atoms with van der Waals surface area (Å²) in [5.41, 5.74) is -0.430. The van der Waals surface area contributed by atoms with Crippen LogP contribution >= 0.6 is 0 Å². The molecular weight excluding hydrogens is 260 g/mol. The van der Waals surface area contributed by atoms with E-state index >= 15 is 0 Å². The molecule has 0 saturated carbocycles. The normalized spacial score (nSPS) is 10.2. The lowest BCUT2D eigenvalue weighted by atomic mass is 10.1. The molecule has 3 N–H and O–H groups in total. The summed E-state index contributed by atoms with van der Waals surface area (Å²) in [6.45, 7) is 2.87. The number of carboxylic acid groups (broad SMARTS) is 1. The Hall–Kier alpha value is -2.68. The van der Waals surface area contributed by atoms with Crippen molar-refractivity contribution in [2.24, 2.45) is 0 Å². The number of aliphatic carboxylic acids is 1. The summed E-state index contributed by atoms with van der Waals surface area (Å²) in [4.78, 5) is 22.3. The zero-order valence-corrected chi connectivity index (χ0v) is 11.3. The Labute approximate surface area is 117 Å². The summed E-state index contributed by atoms with van der Waals surface area (Å²) in [6, 6.07) is 6.02. The summed E-state index contributed by atoms with van der Waals surface area (Å²) in [5.74, 6) is 1.60. The molecule has 0 saturated heterocycles. The van der Waals surface area contributed by atoms with Crippen molar-refractivity contribution in [3.8, 4) is 18.1 Å². The highest BCUT2D eigenvalue weighted by Gasteiger charge is 2.17.